The Morgan fingerprint density at radius 3 is 2.56 bits per heavy atom. The summed E-state index contributed by atoms with van der Waals surface area (Å²) in [7, 11) is 3.84. The van der Waals surface area contributed by atoms with Crippen LogP contribution in [0.25, 0.3) is 11.3 Å². The highest BCUT2D eigenvalue weighted by Crippen LogP contribution is 2.35. The van der Waals surface area contributed by atoms with Gasteiger partial charge in [-0.25, -0.2) is 15.0 Å². The molecule has 1 fully saturated rings. The topological polar surface area (TPSA) is 55.1 Å². The van der Waals surface area contributed by atoms with Gasteiger partial charge in [0.2, 0.25) is 5.95 Å². The zero-order chi connectivity index (χ0) is 12.5. The molecule has 0 saturated heterocycles. The van der Waals surface area contributed by atoms with Gasteiger partial charge in [0, 0.05) is 26.5 Å². The number of oxazole rings is 1. The van der Waals surface area contributed by atoms with Gasteiger partial charge in [-0.3, -0.25) is 0 Å². The molecule has 0 unspecified atom stereocenters. The van der Waals surface area contributed by atoms with Crippen LogP contribution in [-0.2, 0) is 6.42 Å². The summed E-state index contributed by atoms with van der Waals surface area (Å²) in [6.45, 7) is 0. The van der Waals surface area contributed by atoms with E-state index in [4.69, 9.17) is 4.42 Å². The predicted octanol–water partition coefficient (Wildman–Crippen LogP) is 2.15. The average molecular weight is 244 g/mol. The molecule has 94 valence electrons. The van der Waals surface area contributed by atoms with Crippen LogP contribution in [0.5, 0.6) is 0 Å². The summed E-state index contributed by atoms with van der Waals surface area (Å²) < 4.78 is 5.47. The van der Waals surface area contributed by atoms with Crippen LogP contribution in [0.2, 0.25) is 0 Å². The molecule has 5 heteroatoms. The Balaban J connectivity index is 1.86. The fourth-order valence-electron chi connectivity index (χ4n) is 1.91. The molecule has 5 nitrogen and oxygen atoms in total. The molecule has 0 atom stereocenters. The van der Waals surface area contributed by atoms with E-state index in [-0.39, 0.29) is 0 Å². The van der Waals surface area contributed by atoms with Crippen molar-refractivity contribution in [3.05, 3.63) is 24.5 Å². The molecule has 0 bridgehead atoms. The van der Waals surface area contributed by atoms with E-state index in [1.54, 1.807) is 12.4 Å². The molecule has 1 saturated carbocycles. The lowest BCUT2D eigenvalue weighted by atomic mass is 10.1. The second-order valence-corrected chi connectivity index (χ2v) is 4.94. The minimum atomic E-state index is 0.696. The van der Waals surface area contributed by atoms with Crippen LogP contribution in [0, 0.1) is 5.92 Å². The number of anilines is 1. The first-order valence-corrected chi connectivity index (χ1v) is 6.16. The average Bonchev–Trinajstić information content (AvgIpc) is 3.06. The maximum absolute atomic E-state index is 5.47. The van der Waals surface area contributed by atoms with Crippen LogP contribution in [0.15, 0.2) is 23.2 Å². The van der Waals surface area contributed by atoms with Gasteiger partial charge in [-0.15, -0.1) is 0 Å². The number of hydrogen-bond acceptors (Lipinski definition) is 5. The third kappa shape index (κ3) is 2.20. The van der Waals surface area contributed by atoms with Crippen molar-refractivity contribution >= 4 is 5.95 Å². The molecule has 0 aromatic carbocycles. The largest absolute Gasteiger partial charge is 0.443 e. The number of rotatable bonds is 4. The second-order valence-electron chi connectivity index (χ2n) is 4.94. The van der Waals surface area contributed by atoms with Crippen LogP contribution in [0.4, 0.5) is 5.95 Å². The number of hydrogen-bond donors (Lipinski definition) is 0. The maximum Gasteiger partial charge on any atom is 0.224 e. The number of nitrogens with zero attached hydrogens (tertiary/aromatic N) is 4. The Morgan fingerprint density at radius 1 is 1.22 bits per heavy atom. The van der Waals surface area contributed by atoms with E-state index in [9.17, 15) is 0 Å². The molecule has 0 aliphatic heterocycles. The highest BCUT2D eigenvalue weighted by atomic mass is 16.3. The molecule has 2 heterocycles. The van der Waals surface area contributed by atoms with Crippen molar-refractivity contribution in [2.75, 3.05) is 19.0 Å². The molecule has 3 rings (SSSR count). The third-order valence-electron chi connectivity index (χ3n) is 3.12. The molecule has 1 aliphatic rings. The summed E-state index contributed by atoms with van der Waals surface area (Å²) in [5.74, 6) is 2.30. The Kier molecular flexibility index (Phi) is 2.74. The van der Waals surface area contributed by atoms with Crippen molar-refractivity contribution in [1.29, 1.82) is 0 Å². The van der Waals surface area contributed by atoms with Crippen LogP contribution >= 0.6 is 0 Å². The summed E-state index contributed by atoms with van der Waals surface area (Å²) in [6, 6.07) is 0. The van der Waals surface area contributed by atoms with E-state index in [0.717, 1.165) is 29.4 Å². The molecule has 2 aromatic heterocycles. The highest BCUT2D eigenvalue weighted by Gasteiger charge is 2.25. The standard InChI is InChI=1S/C13H16N4O/c1-17(2)13-14-6-10(7-15-13)12-11(16-8-18-12)5-9-3-4-9/h6-9H,3-5H2,1-2H3. The zero-order valence-corrected chi connectivity index (χ0v) is 10.6. The van der Waals surface area contributed by atoms with Crippen molar-refractivity contribution in [1.82, 2.24) is 15.0 Å². The molecule has 2 aromatic rings. The van der Waals surface area contributed by atoms with Crippen LogP contribution in [-0.4, -0.2) is 29.0 Å². The SMILES string of the molecule is CN(C)c1ncc(-c2ocnc2CC2CC2)cn1. The Labute approximate surface area is 106 Å². The van der Waals surface area contributed by atoms with Gasteiger partial charge in [0.05, 0.1) is 11.3 Å². The molecule has 1 aliphatic carbocycles. The minimum Gasteiger partial charge on any atom is -0.443 e. The normalized spacial score (nSPS) is 14.8. The first kappa shape index (κ1) is 11.2. The van der Waals surface area contributed by atoms with Gasteiger partial charge < -0.3 is 9.32 Å². The highest BCUT2D eigenvalue weighted by molar-refractivity contribution is 5.58. The maximum atomic E-state index is 5.47. The van der Waals surface area contributed by atoms with Crippen molar-refractivity contribution in [3.63, 3.8) is 0 Å². The summed E-state index contributed by atoms with van der Waals surface area (Å²) in [5, 5.41) is 0. The fraction of sp³-hybridized carbons (Fsp3) is 0.462. The van der Waals surface area contributed by atoms with Gasteiger partial charge in [0.25, 0.3) is 0 Å². The lowest BCUT2D eigenvalue weighted by Crippen LogP contribution is -2.12. The van der Waals surface area contributed by atoms with Gasteiger partial charge in [0.15, 0.2) is 12.2 Å². The van der Waals surface area contributed by atoms with Crippen LogP contribution < -0.4 is 4.90 Å². The monoisotopic (exact) mass is 244 g/mol. The van der Waals surface area contributed by atoms with Gasteiger partial charge >= 0.3 is 0 Å². The summed E-state index contributed by atoms with van der Waals surface area (Å²) in [4.78, 5) is 14.8. The van der Waals surface area contributed by atoms with Gasteiger partial charge in [-0.05, 0) is 25.2 Å². The van der Waals surface area contributed by atoms with Gasteiger partial charge in [-0.2, -0.15) is 0 Å². The minimum absolute atomic E-state index is 0.696. The predicted molar refractivity (Wildman–Crippen MR) is 68.3 cm³/mol. The van der Waals surface area contributed by atoms with E-state index in [1.165, 1.54) is 19.2 Å². The van der Waals surface area contributed by atoms with Gasteiger partial charge in [-0.1, -0.05) is 0 Å². The van der Waals surface area contributed by atoms with E-state index in [0.29, 0.717) is 5.95 Å². The van der Waals surface area contributed by atoms with Crippen LogP contribution in [0.3, 0.4) is 0 Å². The van der Waals surface area contributed by atoms with Crippen molar-refractivity contribution in [2.24, 2.45) is 5.92 Å². The summed E-state index contributed by atoms with van der Waals surface area (Å²) in [6.07, 6.45) is 8.71. The molecule has 0 amide bonds. The Morgan fingerprint density at radius 2 is 1.94 bits per heavy atom. The summed E-state index contributed by atoms with van der Waals surface area (Å²) >= 11 is 0. The molecule has 18 heavy (non-hydrogen) atoms. The number of aromatic nitrogens is 3. The smallest absolute Gasteiger partial charge is 0.224 e. The van der Waals surface area contributed by atoms with Crippen molar-refractivity contribution in [2.45, 2.75) is 19.3 Å². The third-order valence-corrected chi connectivity index (χ3v) is 3.12. The quantitative estimate of drug-likeness (QED) is 0.824. The van der Waals surface area contributed by atoms with E-state index in [2.05, 4.69) is 15.0 Å². The molecule has 0 spiro atoms. The molecular weight excluding hydrogens is 228 g/mol. The lowest BCUT2D eigenvalue weighted by molar-refractivity contribution is 0.569. The van der Waals surface area contributed by atoms with Crippen LogP contribution in [0.1, 0.15) is 18.5 Å². The van der Waals surface area contributed by atoms with E-state index < -0.39 is 0 Å². The molecule has 0 radical (unpaired) electrons. The zero-order valence-electron chi connectivity index (χ0n) is 10.6. The summed E-state index contributed by atoms with van der Waals surface area (Å²) in [5.41, 5.74) is 1.92. The molecular formula is C13H16N4O. The second kappa shape index (κ2) is 4.40. The Hall–Kier alpha value is -1.91. The van der Waals surface area contributed by atoms with E-state index >= 15 is 0 Å². The van der Waals surface area contributed by atoms with Crippen molar-refractivity contribution in [3.8, 4) is 11.3 Å². The lowest BCUT2D eigenvalue weighted by Gasteiger charge is -2.09. The van der Waals surface area contributed by atoms with Crippen molar-refractivity contribution < 1.29 is 4.42 Å². The molecule has 0 N–H and O–H groups in total. The Bertz CT molecular complexity index is 528. The van der Waals surface area contributed by atoms with Gasteiger partial charge in [0.1, 0.15) is 0 Å². The first-order chi connectivity index (χ1) is 8.74. The fourth-order valence-corrected chi connectivity index (χ4v) is 1.91. The first-order valence-electron chi connectivity index (χ1n) is 6.16. The van der Waals surface area contributed by atoms with E-state index in [1.807, 2.05) is 19.0 Å².